The van der Waals surface area contributed by atoms with Crippen molar-refractivity contribution in [2.75, 3.05) is 25.0 Å². The van der Waals surface area contributed by atoms with E-state index < -0.39 is 0 Å². The number of hydrogen-bond donors (Lipinski definition) is 0. The minimum absolute atomic E-state index is 0.220. The molecule has 0 N–H and O–H groups in total. The molecule has 1 atom stereocenters. The largest absolute Gasteiger partial charge is 0.312 e. The van der Waals surface area contributed by atoms with Crippen molar-refractivity contribution in [1.82, 2.24) is 4.90 Å². The van der Waals surface area contributed by atoms with Gasteiger partial charge in [0.05, 0.1) is 0 Å². The molecule has 1 aromatic rings. The van der Waals surface area contributed by atoms with Gasteiger partial charge in [0.1, 0.15) is 0 Å². The Bertz CT molecular complexity index is 379. The highest BCUT2D eigenvalue weighted by molar-refractivity contribution is 5.77. The average molecular weight is 248 g/mol. The Morgan fingerprint density at radius 2 is 2.00 bits per heavy atom. The number of anilines is 1. The first-order valence-electron chi connectivity index (χ1n) is 6.58. The van der Waals surface area contributed by atoms with Crippen molar-refractivity contribution < 1.29 is 4.79 Å². The number of para-hydroxylation sites is 1. The Balaban J connectivity index is 2.71. The number of rotatable bonds is 7. The number of carbonyl (C=O) groups excluding carboxylic acids is 1. The summed E-state index contributed by atoms with van der Waals surface area (Å²) in [5.74, 6) is 0. The lowest BCUT2D eigenvalue weighted by Crippen LogP contribution is -2.35. The predicted octanol–water partition coefficient (Wildman–Crippen LogP) is 2.69. The average Bonchev–Trinajstić information content (AvgIpc) is 2.39. The third-order valence-electron chi connectivity index (χ3n) is 3.45. The van der Waals surface area contributed by atoms with E-state index in [1.165, 1.54) is 0 Å². The molecule has 0 aromatic heterocycles. The van der Waals surface area contributed by atoms with Gasteiger partial charge < -0.3 is 9.80 Å². The van der Waals surface area contributed by atoms with Gasteiger partial charge >= 0.3 is 0 Å². The zero-order chi connectivity index (χ0) is 13.5. The van der Waals surface area contributed by atoms with E-state index in [9.17, 15) is 4.79 Å². The molecule has 0 aliphatic rings. The number of carbonyl (C=O) groups is 1. The van der Waals surface area contributed by atoms with Crippen molar-refractivity contribution in [3.05, 3.63) is 29.8 Å². The molecule has 3 heteroatoms. The zero-order valence-corrected chi connectivity index (χ0v) is 11.9. The summed E-state index contributed by atoms with van der Waals surface area (Å²) < 4.78 is 0. The second kappa shape index (κ2) is 7.17. The second-order valence-electron chi connectivity index (χ2n) is 4.83. The van der Waals surface area contributed by atoms with Gasteiger partial charge in [-0.3, -0.25) is 4.79 Å². The molecule has 0 bridgehead atoms. The normalized spacial score (nSPS) is 12.5. The molecule has 0 fully saturated rings. The van der Waals surface area contributed by atoms with Crippen LogP contribution in [0.1, 0.15) is 25.8 Å². The van der Waals surface area contributed by atoms with E-state index in [1.54, 1.807) is 0 Å². The molecule has 0 spiro atoms. The van der Waals surface area contributed by atoms with Gasteiger partial charge in [0, 0.05) is 11.7 Å². The zero-order valence-electron chi connectivity index (χ0n) is 11.9. The monoisotopic (exact) mass is 248 g/mol. The molecule has 0 saturated carbocycles. The topological polar surface area (TPSA) is 23.6 Å². The van der Waals surface area contributed by atoms with Crippen LogP contribution >= 0.6 is 0 Å². The van der Waals surface area contributed by atoms with Gasteiger partial charge in [-0.1, -0.05) is 25.1 Å². The van der Waals surface area contributed by atoms with Gasteiger partial charge in [-0.05, 0) is 52.0 Å². The maximum Gasteiger partial charge on any atom is 0.214 e. The smallest absolute Gasteiger partial charge is 0.214 e. The van der Waals surface area contributed by atoms with E-state index in [2.05, 4.69) is 25.8 Å². The fourth-order valence-electron chi connectivity index (χ4n) is 1.96. The third kappa shape index (κ3) is 3.84. The van der Waals surface area contributed by atoms with Crippen LogP contribution in [0.5, 0.6) is 0 Å². The Labute approximate surface area is 110 Å². The minimum Gasteiger partial charge on any atom is -0.312 e. The van der Waals surface area contributed by atoms with Crippen LogP contribution in [0.2, 0.25) is 0 Å². The first kappa shape index (κ1) is 14.7. The van der Waals surface area contributed by atoms with Crippen LogP contribution in [0.25, 0.3) is 0 Å². The van der Waals surface area contributed by atoms with Crippen LogP contribution in [0.3, 0.4) is 0 Å². The van der Waals surface area contributed by atoms with Crippen molar-refractivity contribution in [3.63, 3.8) is 0 Å². The van der Waals surface area contributed by atoms with Crippen LogP contribution in [0, 0.1) is 6.92 Å². The molecule has 0 saturated heterocycles. The van der Waals surface area contributed by atoms with Gasteiger partial charge in [-0.2, -0.15) is 0 Å². The summed E-state index contributed by atoms with van der Waals surface area (Å²) in [5, 5.41) is 0. The van der Waals surface area contributed by atoms with Crippen molar-refractivity contribution in [2.45, 2.75) is 33.2 Å². The van der Waals surface area contributed by atoms with E-state index in [0.717, 1.165) is 37.2 Å². The molecule has 0 aliphatic carbocycles. The molecule has 1 aromatic carbocycles. The standard InChI is InChI=1S/C15H24N2O/c1-5-16(4)11-10-14(3)17(12-18)15-9-7-6-8-13(15)2/h6-9,12,14H,5,10-11H2,1-4H3. The molecule has 0 aliphatic heterocycles. The lowest BCUT2D eigenvalue weighted by Gasteiger charge is -2.28. The Morgan fingerprint density at radius 3 is 2.56 bits per heavy atom. The highest BCUT2D eigenvalue weighted by Crippen LogP contribution is 2.21. The molecule has 0 radical (unpaired) electrons. The third-order valence-corrected chi connectivity index (χ3v) is 3.45. The van der Waals surface area contributed by atoms with Crippen LogP contribution in [-0.2, 0) is 4.79 Å². The van der Waals surface area contributed by atoms with Gasteiger partial charge in [0.15, 0.2) is 0 Å². The Hall–Kier alpha value is -1.35. The molecular formula is C15H24N2O. The summed E-state index contributed by atoms with van der Waals surface area (Å²) in [4.78, 5) is 15.4. The maximum atomic E-state index is 11.3. The van der Waals surface area contributed by atoms with E-state index in [1.807, 2.05) is 36.1 Å². The van der Waals surface area contributed by atoms with Crippen LogP contribution in [-0.4, -0.2) is 37.5 Å². The van der Waals surface area contributed by atoms with Crippen molar-refractivity contribution in [3.8, 4) is 0 Å². The molecule has 1 rings (SSSR count). The van der Waals surface area contributed by atoms with Gasteiger partial charge in [-0.25, -0.2) is 0 Å². The van der Waals surface area contributed by atoms with E-state index in [0.29, 0.717) is 0 Å². The number of amides is 1. The number of benzene rings is 1. The maximum absolute atomic E-state index is 11.3. The summed E-state index contributed by atoms with van der Waals surface area (Å²) >= 11 is 0. The Kier molecular flexibility index (Phi) is 5.86. The van der Waals surface area contributed by atoms with Crippen molar-refractivity contribution in [1.29, 1.82) is 0 Å². The first-order chi connectivity index (χ1) is 8.60. The van der Waals surface area contributed by atoms with E-state index >= 15 is 0 Å². The van der Waals surface area contributed by atoms with Crippen LogP contribution in [0.15, 0.2) is 24.3 Å². The lowest BCUT2D eigenvalue weighted by atomic mass is 10.1. The summed E-state index contributed by atoms with van der Waals surface area (Å²) in [7, 11) is 2.10. The fourth-order valence-corrected chi connectivity index (χ4v) is 1.96. The van der Waals surface area contributed by atoms with Crippen LogP contribution < -0.4 is 4.90 Å². The fraction of sp³-hybridized carbons (Fsp3) is 0.533. The highest BCUT2D eigenvalue weighted by Gasteiger charge is 2.15. The Morgan fingerprint density at radius 1 is 1.33 bits per heavy atom. The van der Waals surface area contributed by atoms with Crippen LogP contribution in [0.4, 0.5) is 5.69 Å². The second-order valence-corrected chi connectivity index (χ2v) is 4.83. The molecule has 100 valence electrons. The predicted molar refractivity (Wildman–Crippen MR) is 77.0 cm³/mol. The van der Waals surface area contributed by atoms with Crippen molar-refractivity contribution in [2.24, 2.45) is 0 Å². The van der Waals surface area contributed by atoms with Gasteiger partial charge in [0.2, 0.25) is 6.41 Å². The summed E-state index contributed by atoms with van der Waals surface area (Å²) in [5.41, 5.74) is 2.15. The van der Waals surface area contributed by atoms with Gasteiger partial charge in [0.25, 0.3) is 0 Å². The number of nitrogens with zero attached hydrogens (tertiary/aromatic N) is 2. The van der Waals surface area contributed by atoms with E-state index in [-0.39, 0.29) is 6.04 Å². The summed E-state index contributed by atoms with van der Waals surface area (Å²) in [6.45, 7) is 8.33. The van der Waals surface area contributed by atoms with E-state index in [4.69, 9.17) is 0 Å². The molecule has 3 nitrogen and oxygen atoms in total. The molecule has 1 unspecified atom stereocenters. The summed E-state index contributed by atoms with van der Waals surface area (Å²) in [6, 6.07) is 8.24. The highest BCUT2D eigenvalue weighted by atomic mass is 16.1. The minimum atomic E-state index is 0.220. The summed E-state index contributed by atoms with van der Waals surface area (Å²) in [6.07, 6.45) is 1.93. The lowest BCUT2D eigenvalue weighted by molar-refractivity contribution is -0.107. The molecular weight excluding hydrogens is 224 g/mol. The molecule has 0 heterocycles. The molecule has 1 amide bonds. The van der Waals surface area contributed by atoms with Crippen molar-refractivity contribution >= 4 is 12.1 Å². The SMILES string of the molecule is CCN(C)CCC(C)N(C=O)c1ccccc1C. The van der Waals surface area contributed by atoms with Gasteiger partial charge in [-0.15, -0.1) is 0 Å². The molecule has 18 heavy (non-hydrogen) atoms. The number of aryl methyl sites for hydroxylation is 1. The quantitative estimate of drug-likeness (QED) is 0.693. The number of hydrogen-bond acceptors (Lipinski definition) is 2. The first-order valence-corrected chi connectivity index (χ1v) is 6.58.